The Morgan fingerprint density at radius 3 is 2.58 bits per heavy atom. The first-order chi connectivity index (χ1) is 11.4. The first kappa shape index (κ1) is 15.8. The molecule has 2 heterocycles. The number of nitrogens with zero attached hydrogens (tertiary/aromatic N) is 1. The Morgan fingerprint density at radius 2 is 1.96 bits per heavy atom. The van der Waals surface area contributed by atoms with E-state index >= 15 is 0 Å². The van der Waals surface area contributed by atoms with Crippen LogP contribution in [0.1, 0.15) is 29.2 Å². The van der Waals surface area contributed by atoms with Gasteiger partial charge in [-0.25, -0.2) is 0 Å². The molecule has 0 spiro atoms. The Morgan fingerprint density at radius 1 is 1.25 bits per heavy atom. The van der Waals surface area contributed by atoms with Gasteiger partial charge in [-0.05, 0) is 24.4 Å². The molecule has 3 rings (SSSR count). The third-order valence-electron chi connectivity index (χ3n) is 4.30. The average molecular weight is 326 g/mol. The lowest BCUT2D eigenvalue weighted by Gasteiger charge is -2.16. The van der Waals surface area contributed by atoms with Crippen LogP contribution in [0.3, 0.4) is 0 Å². The van der Waals surface area contributed by atoms with Crippen molar-refractivity contribution in [1.82, 2.24) is 14.8 Å². The monoisotopic (exact) mass is 326 g/mol. The molecule has 1 amide bonds. The van der Waals surface area contributed by atoms with Crippen LogP contribution >= 0.6 is 0 Å². The SMILES string of the molecule is Cc1[nH][nH]c(=O)c1[C@@H](CC(N)=O)c1cc2ccccc2n(C)c1=O. The molecular weight excluding hydrogens is 308 g/mol. The summed E-state index contributed by atoms with van der Waals surface area (Å²) in [6.45, 7) is 1.72. The second kappa shape index (κ2) is 5.84. The summed E-state index contributed by atoms with van der Waals surface area (Å²) in [6, 6.07) is 9.18. The lowest BCUT2D eigenvalue weighted by molar-refractivity contribution is -0.118. The van der Waals surface area contributed by atoms with Crippen molar-refractivity contribution in [2.45, 2.75) is 19.3 Å². The molecule has 2 aromatic heterocycles. The van der Waals surface area contributed by atoms with Gasteiger partial charge in [0.15, 0.2) is 0 Å². The molecule has 0 saturated heterocycles. The van der Waals surface area contributed by atoms with Crippen LogP contribution in [0, 0.1) is 6.92 Å². The van der Waals surface area contributed by atoms with Crippen molar-refractivity contribution in [3.05, 3.63) is 67.9 Å². The first-order valence-corrected chi connectivity index (χ1v) is 7.54. The molecule has 0 bridgehead atoms. The van der Waals surface area contributed by atoms with Gasteiger partial charge in [0.25, 0.3) is 11.1 Å². The van der Waals surface area contributed by atoms with Crippen LogP contribution in [-0.4, -0.2) is 20.7 Å². The van der Waals surface area contributed by atoms with Crippen LogP contribution in [0.25, 0.3) is 10.9 Å². The number of primary amides is 1. The number of aryl methyl sites for hydroxylation is 2. The number of carbonyl (C=O) groups excluding carboxylic acids is 1. The van der Waals surface area contributed by atoms with Gasteiger partial charge in [-0.2, -0.15) is 0 Å². The number of benzene rings is 1. The zero-order valence-corrected chi connectivity index (χ0v) is 13.4. The number of nitrogens with one attached hydrogen (secondary N) is 2. The maximum atomic E-state index is 12.8. The summed E-state index contributed by atoms with van der Waals surface area (Å²) in [5.74, 6) is -1.27. The number of aromatic amines is 2. The maximum absolute atomic E-state index is 12.8. The Kier molecular flexibility index (Phi) is 3.84. The van der Waals surface area contributed by atoms with Crippen LogP contribution in [0.2, 0.25) is 0 Å². The maximum Gasteiger partial charge on any atom is 0.267 e. The van der Waals surface area contributed by atoms with E-state index in [9.17, 15) is 14.4 Å². The molecular formula is C17H18N4O3. The van der Waals surface area contributed by atoms with Gasteiger partial charge in [-0.1, -0.05) is 18.2 Å². The number of pyridine rings is 1. The molecule has 3 aromatic rings. The average Bonchev–Trinajstić information content (AvgIpc) is 2.87. The second-order valence-electron chi connectivity index (χ2n) is 5.86. The van der Waals surface area contributed by atoms with Crippen LogP contribution in [0.5, 0.6) is 0 Å². The molecule has 24 heavy (non-hydrogen) atoms. The normalized spacial score (nSPS) is 12.4. The number of aromatic nitrogens is 3. The van der Waals surface area contributed by atoms with E-state index in [4.69, 9.17) is 5.73 Å². The highest BCUT2D eigenvalue weighted by Gasteiger charge is 2.26. The Hall–Kier alpha value is -3.09. The Labute approximate surface area is 137 Å². The lowest BCUT2D eigenvalue weighted by Crippen LogP contribution is -2.28. The third-order valence-corrected chi connectivity index (χ3v) is 4.30. The number of H-pyrrole nitrogens is 2. The van der Waals surface area contributed by atoms with Crippen molar-refractivity contribution in [3.63, 3.8) is 0 Å². The highest BCUT2D eigenvalue weighted by molar-refractivity contribution is 5.80. The minimum atomic E-state index is -0.694. The summed E-state index contributed by atoms with van der Waals surface area (Å²) in [5.41, 5.74) is 6.87. The molecule has 0 unspecified atom stereocenters. The highest BCUT2D eigenvalue weighted by Crippen LogP contribution is 2.27. The fourth-order valence-electron chi connectivity index (χ4n) is 3.14. The number of para-hydroxylation sites is 1. The minimum absolute atomic E-state index is 0.116. The summed E-state index contributed by atoms with van der Waals surface area (Å²) in [4.78, 5) is 36.5. The molecule has 7 nitrogen and oxygen atoms in total. The van der Waals surface area contributed by atoms with E-state index in [-0.39, 0.29) is 17.5 Å². The quantitative estimate of drug-likeness (QED) is 0.661. The van der Waals surface area contributed by atoms with Crippen molar-refractivity contribution >= 4 is 16.8 Å². The molecule has 0 aliphatic rings. The van der Waals surface area contributed by atoms with E-state index in [0.29, 0.717) is 16.8 Å². The number of fused-ring (bicyclic) bond motifs is 1. The Balaban J connectivity index is 2.31. The molecule has 0 aliphatic heterocycles. The van der Waals surface area contributed by atoms with Crippen molar-refractivity contribution in [1.29, 1.82) is 0 Å². The summed E-state index contributed by atoms with van der Waals surface area (Å²) in [6.07, 6.45) is -0.116. The number of hydrogen-bond donors (Lipinski definition) is 3. The topological polar surface area (TPSA) is 114 Å². The summed E-state index contributed by atoms with van der Waals surface area (Å²) >= 11 is 0. The van der Waals surface area contributed by atoms with Gasteiger partial charge in [0.05, 0.1) is 5.52 Å². The highest BCUT2D eigenvalue weighted by atomic mass is 16.1. The second-order valence-corrected chi connectivity index (χ2v) is 5.86. The molecule has 1 atom stereocenters. The van der Waals surface area contributed by atoms with E-state index in [2.05, 4.69) is 10.2 Å². The zero-order chi connectivity index (χ0) is 17.4. The predicted molar refractivity (Wildman–Crippen MR) is 91.0 cm³/mol. The molecule has 0 radical (unpaired) electrons. The van der Waals surface area contributed by atoms with E-state index in [0.717, 1.165) is 10.9 Å². The molecule has 0 fully saturated rings. The summed E-state index contributed by atoms with van der Waals surface area (Å²) in [5, 5.41) is 6.08. The predicted octanol–water partition coefficient (Wildman–Crippen LogP) is 0.871. The minimum Gasteiger partial charge on any atom is -0.370 e. The Bertz CT molecular complexity index is 1040. The molecule has 0 aliphatic carbocycles. The van der Waals surface area contributed by atoms with Crippen LogP contribution in [-0.2, 0) is 11.8 Å². The van der Waals surface area contributed by atoms with E-state index < -0.39 is 11.8 Å². The van der Waals surface area contributed by atoms with Gasteiger partial charge in [-0.15, -0.1) is 0 Å². The van der Waals surface area contributed by atoms with Crippen molar-refractivity contribution in [2.75, 3.05) is 0 Å². The first-order valence-electron chi connectivity index (χ1n) is 7.54. The third kappa shape index (κ3) is 2.54. The van der Waals surface area contributed by atoms with Gasteiger partial charge >= 0.3 is 0 Å². The lowest BCUT2D eigenvalue weighted by atomic mass is 9.88. The fraction of sp³-hybridized carbons (Fsp3) is 0.235. The summed E-state index contributed by atoms with van der Waals surface area (Å²) < 4.78 is 1.52. The van der Waals surface area contributed by atoms with E-state index in [1.165, 1.54) is 4.57 Å². The fourth-order valence-corrected chi connectivity index (χ4v) is 3.14. The van der Waals surface area contributed by atoms with Crippen molar-refractivity contribution in [3.8, 4) is 0 Å². The van der Waals surface area contributed by atoms with Crippen molar-refractivity contribution in [2.24, 2.45) is 12.8 Å². The molecule has 7 heteroatoms. The van der Waals surface area contributed by atoms with E-state index in [1.807, 2.05) is 24.3 Å². The number of hydrogen-bond acceptors (Lipinski definition) is 3. The summed E-state index contributed by atoms with van der Waals surface area (Å²) in [7, 11) is 1.67. The zero-order valence-electron chi connectivity index (χ0n) is 13.4. The van der Waals surface area contributed by atoms with Gasteiger partial charge in [0.1, 0.15) is 0 Å². The van der Waals surface area contributed by atoms with Crippen LogP contribution < -0.4 is 16.9 Å². The molecule has 0 saturated carbocycles. The number of nitrogens with two attached hydrogens (primary N) is 1. The molecule has 1 aromatic carbocycles. The van der Waals surface area contributed by atoms with Gasteiger partial charge in [0, 0.05) is 36.2 Å². The number of carbonyl (C=O) groups is 1. The number of amides is 1. The van der Waals surface area contributed by atoms with Crippen LogP contribution in [0.4, 0.5) is 0 Å². The smallest absolute Gasteiger partial charge is 0.267 e. The van der Waals surface area contributed by atoms with E-state index in [1.54, 1.807) is 20.0 Å². The van der Waals surface area contributed by atoms with Gasteiger partial charge in [0.2, 0.25) is 5.91 Å². The number of rotatable bonds is 4. The largest absolute Gasteiger partial charge is 0.370 e. The molecule has 4 N–H and O–H groups in total. The molecule has 124 valence electrons. The standard InChI is InChI=1S/C17H18N4O3/c1-9-15(16(23)20-19-9)11(8-14(18)22)12-7-10-5-3-4-6-13(10)21(2)17(12)24/h3-7,11H,8H2,1-2H3,(H2,18,22)(H2,19,20,23)/t11-/m0/s1. The van der Waals surface area contributed by atoms with Crippen molar-refractivity contribution < 1.29 is 4.79 Å². The van der Waals surface area contributed by atoms with Gasteiger partial charge in [-0.3, -0.25) is 19.5 Å². The van der Waals surface area contributed by atoms with Gasteiger partial charge < -0.3 is 15.4 Å². The van der Waals surface area contributed by atoms with Crippen LogP contribution in [0.15, 0.2) is 39.9 Å².